The summed E-state index contributed by atoms with van der Waals surface area (Å²) in [7, 11) is 1.27. The maximum absolute atomic E-state index is 12.3. The van der Waals surface area contributed by atoms with Crippen molar-refractivity contribution < 1.29 is 23.9 Å². The molecule has 1 aromatic rings. The Hall–Kier alpha value is -2.70. The van der Waals surface area contributed by atoms with Crippen LogP contribution in [0.1, 0.15) is 47.4 Å². The average molecular weight is 346 g/mol. The molecule has 0 unspecified atom stereocenters. The smallest absolute Gasteiger partial charge is 0.328 e. The van der Waals surface area contributed by atoms with Crippen LogP contribution in [-0.2, 0) is 14.3 Å². The molecular formula is C18H22N2O5. The van der Waals surface area contributed by atoms with Crippen molar-refractivity contribution in [3.8, 4) is 0 Å². The van der Waals surface area contributed by atoms with Gasteiger partial charge in [-0.2, -0.15) is 0 Å². The highest BCUT2D eigenvalue weighted by Crippen LogP contribution is 2.22. The Morgan fingerprint density at radius 1 is 1.16 bits per heavy atom. The van der Waals surface area contributed by atoms with Gasteiger partial charge in [0.25, 0.3) is 11.8 Å². The molecular weight excluding hydrogens is 324 g/mol. The van der Waals surface area contributed by atoms with E-state index in [1.807, 2.05) is 13.8 Å². The molecule has 0 fully saturated rings. The molecule has 25 heavy (non-hydrogen) atoms. The van der Waals surface area contributed by atoms with Crippen molar-refractivity contribution in [2.75, 3.05) is 13.7 Å². The topological polar surface area (TPSA) is 92.8 Å². The fourth-order valence-corrected chi connectivity index (χ4v) is 2.70. The highest BCUT2D eigenvalue weighted by molar-refractivity contribution is 6.21. The van der Waals surface area contributed by atoms with Crippen molar-refractivity contribution in [3.05, 3.63) is 35.4 Å². The van der Waals surface area contributed by atoms with Crippen molar-refractivity contribution in [3.63, 3.8) is 0 Å². The number of carbonyl (C=O) groups excluding carboxylic acids is 4. The Kier molecular flexibility index (Phi) is 5.90. The Balaban J connectivity index is 1.97. The van der Waals surface area contributed by atoms with Gasteiger partial charge in [0.15, 0.2) is 0 Å². The predicted octanol–water partition coefficient (Wildman–Crippen LogP) is 1.38. The SMILES string of the molecule is CC[C@@H](C)[C@@H](NC(=O)CCN1C(=O)c2ccccc2C1=O)C(=O)OC. The fourth-order valence-electron chi connectivity index (χ4n) is 2.70. The summed E-state index contributed by atoms with van der Waals surface area (Å²) in [4.78, 5) is 49.5. The lowest BCUT2D eigenvalue weighted by Gasteiger charge is -2.22. The summed E-state index contributed by atoms with van der Waals surface area (Å²) < 4.78 is 4.72. The summed E-state index contributed by atoms with van der Waals surface area (Å²) in [5.74, 6) is -1.81. The van der Waals surface area contributed by atoms with Crippen LogP contribution in [0.3, 0.4) is 0 Å². The van der Waals surface area contributed by atoms with E-state index in [1.165, 1.54) is 7.11 Å². The number of hydrogen-bond acceptors (Lipinski definition) is 5. The van der Waals surface area contributed by atoms with E-state index in [1.54, 1.807) is 24.3 Å². The summed E-state index contributed by atoms with van der Waals surface area (Å²) >= 11 is 0. The highest BCUT2D eigenvalue weighted by Gasteiger charge is 2.35. The number of rotatable bonds is 7. The second-order valence-corrected chi connectivity index (χ2v) is 6.01. The van der Waals surface area contributed by atoms with Crippen LogP contribution in [0.15, 0.2) is 24.3 Å². The van der Waals surface area contributed by atoms with Gasteiger partial charge in [-0.15, -0.1) is 0 Å². The summed E-state index contributed by atoms with van der Waals surface area (Å²) in [5.41, 5.74) is 0.694. The van der Waals surface area contributed by atoms with Crippen LogP contribution >= 0.6 is 0 Å². The fraction of sp³-hybridized carbons (Fsp3) is 0.444. The van der Waals surface area contributed by atoms with E-state index in [-0.39, 0.29) is 18.9 Å². The monoisotopic (exact) mass is 346 g/mol. The van der Waals surface area contributed by atoms with Crippen molar-refractivity contribution in [1.29, 1.82) is 0 Å². The van der Waals surface area contributed by atoms with Gasteiger partial charge in [-0.25, -0.2) is 4.79 Å². The zero-order valence-electron chi connectivity index (χ0n) is 14.6. The van der Waals surface area contributed by atoms with Gasteiger partial charge in [-0.1, -0.05) is 32.4 Å². The molecule has 0 bridgehead atoms. The van der Waals surface area contributed by atoms with E-state index in [4.69, 9.17) is 4.74 Å². The minimum absolute atomic E-state index is 0.0351. The van der Waals surface area contributed by atoms with Gasteiger partial charge in [-0.3, -0.25) is 19.3 Å². The van der Waals surface area contributed by atoms with Gasteiger partial charge < -0.3 is 10.1 Å². The molecule has 1 aliphatic heterocycles. The Labute approximate surface area is 146 Å². The molecule has 0 saturated heterocycles. The minimum Gasteiger partial charge on any atom is -0.467 e. The lowest BCUT2D eigenvalue weighted by molar-refractivity contribution is -0.146. The van der Waals surface area contributed by atoms with E-state index in [9.17, 15) is 19.2 Å². The number of esters is 1. The molecule has 2 atom stereocenters. The van der Waals surface area contributed by atoms with Crippen LogP contribution < -0.4 is 5.32 Å². The number of ether oxygens (including phenoxy) is 1. The summed E-state index contributed by atoms with van der Waals surface area (Å²) in [6.07, 6.45) is 0.619. The van der Waals surface area contributed by atoms with Crippen molar-refractivity contribution >= 4 is 23.7 Å². The van der Waals surface area contributed by atoms with Gasteiger partial charge in [-0.05, 0) is 18.1 Å². The average Bonchev–Trinajstić information content (AvgIpc) is 2.87. The molecule has 0 aromatic heterocycles. The minimum atomic E-state index is -0.746. The summed E-state index contributed by atoms with van der Waals surface area (Å²) in [6.45, 7) is 3.71. The molecule has 7 heteroatoms. The first kappa shape index (κ1) is 18.6. The number of amides is 3. The number of hydrogen-bond donors (Lipinski definition) is 1. The Bertz CT molecular complexity index is 665. The molecule has 0 saturated carbocycles. The second-order valence-electron chi connectivity index (χ2n) is 6.01. The van der Waals surface area contributed by atoms with E-state index >= 15 is 0 Å². The number of benzene rings is 1. The quantitative estimate of drug-likeness (QED) is 0.595. The maximum Gasteiger partial charge on any atom is 0.328 e. The van der Waals surface area contributed by atoms with Gasteiger partial charge in [0, 0.05) is 13.0 Å². The molecule has 2 rings (SSSR count). The van der Waals surface area contributed by atoms with Crippen LogP contribution in [0, 0.1) is 5.92 Å². The molecule has 7 nitrogen and oxygen atoms in total. The van der Waals surface area contributed by atoms with Crippen LogP contribution in [0.4, 0.5) is 0 Å². The lowest BCUT2D eigenvalue weighted by Crippen LogP contribution is -2.46. The predicted molar refractivity (Wildman–Crippen MR) is 89.8 cm³/mol. The summed E-state index contributed by atoms with van der Waals surface area (Å²) in [5, 5.41) is 2.63. The first-order valence-electron chi connectivity index (χ1n) is 8.23. The van der Waals surface area contributed by atoms with Crippen molar-refractivity contribution in [1.82, 2.24) is 10.2 Å². The second kappa shape index (κ2) is 7.92. The standard InChI is InChI=1S/C18H22N2O5/c1-4-11(2)15(18(24)25-3)19-14(21)9-10-20-16(22)12-7-5-6-8-13(12)17(20)23/h5-8,11,15H,4,9-10H2,1-3H3,(H,19,21)/t11-,15-/m1/s1. The molecule has 134 valence electrons. The van der Waals surface area contributed by atoms with Crippen LogP contribution in [0.2, 0.25) is 0 Å². The number of imide groups is 1. The van der Waals surface area contributed by atoms with E-state index in [0.29, 0.717) is 17.5 Å². The Morgan fingerprint density at radius 2 is 1.72 bits per heavy atom. The molecule has 1 heterocycles. The normalized spacial score (nSPS) is 15.6. The van der Waals surface area contributed by atoms with Crippen LogP contribution in [0.25, 0.3) is 0 Å². The van der Waals surface area contributed by atoms with Crippen molar-refractivity contribution in [2.24, 2.45) is 5.92 Å². The first-order chi connectivity index (χ1) is 11.9. The molecule has 3 amide bonds. The third-order valence-electron chi connectivity index (χ3n) is 4.43. The largest absolute Gasteiger partial charge is 0.467 e. The number of fused-ring (bicyclic) bond motifs is 1. The lowest BCUT2D eigenvalue weighted by atomic mass is 9.99. The van der Waals surface area contributed by atoms with E-state index in [0.717, 1.165) is 4.90 Å². The highest BCUT2D eigenvalue weighted by atomic mass is 16.5. The van der Waals surface area contributed by atoms with Crippen LogP contribution in [-0.4, -0.2) is 48.3 Å². The Morgan fingerprint density at radius 3 is 2.20 bits per heavy atom. The summed E-state index contributed by atoms with van der Waals surface area (Å²) in [6, 6.07) is 5.81. The molecule has 0 aliphatic carbocycles. The van der Waals surface area contributed by atoms with Gasteiger partial charge in [0.1, 0.15) is 6.04 Å². The molecule has 0 spiro atoms. The molecule has 0 radical (unpaired) electrons. The number of methoxy groups -OCH3 is 1. The third-order valence-corrected chi connectivity index (χ3v) is 4.43. The molecule has 1 aliphatic rings. The van der Waals surface area contributed by atoms with E-state index in [2.05, 4.69) is 5.32 Å². The third kappa shape index (κ3) is 3.87. The zero-order valence-corrected chi connectivity index (χ0v) is 14.6. The van der Waals surface area contributed by atoms with Gasteiger partial charge in [0.2, 0.25) is 5.91 Å². The van der Waals surface area contributed by atoms with Gasteiger partial charge in [0.05, 0.1) is 18.2 Å². The number of carbonyl (C=O) groups is 4. The zero-order chi connectivity index (χ0) is 18.6. The van der Waals surface area contributed by atoms with E-state index < -0.39 is 29.7 Å². The molecule has 1 aromatic carbocycles. The number of nitrogens with zero attached hydrogens (tertiary/aromatic N) is 1. The molecule has 1 N–H and O–H groups in total. The van der Waals surface area contributed by atoms with Gasteiger partial charge >= 0.3 is 5.97 Å². The number of nitrogens with one attached hydrogen (secondary N) is 1. The maximum atomic E-state index is 12.3. The first-order valence-corrected chi connectivity index (χ1v) is 8.23. The van der Waals surface area contributed by atoms with Crippen molar-refractivity contribution in [2.45, 2.75) is 32.7 Å². The van der Waals surface area contributed by atoms with Crippen LogP contribution in [0.5, 0.6) is 0 Å².